The van der Waals surface area contributed by atoms with Gasteiger partial charge >= 0.3 is 5.97 Å². The summed E-state index contributed by atoms with van der Waals surface area (Å²) in [5.74, 6) is 0.337. The Morgan fingerprint density at radius 2 is 1.52 bits per heavy atom. The number of hydrogen-bond donors (Lipinski definition) is 0. The van der Waals surface area contributed by atoms with Crippen LogP contribution in [0.25, 0.3) is 6.08 Å². The van der Waals surface area contributed by atoms with Crippen molar-refractivity contribution in [2.75, 3.05) is 7.11 Å². The van der Waals surface area contributed by atoms with Gasteiger partial charge in [-0.05, 0) is 54.1 Å². The van der Waals surface area contributed by atoms with Crippen LogP contribution in [0.4, 0.5) is 0 Å². The van der Waals surface area contributed by atoms with Crippen molar-refractivity contribution in [1.82, 2.24) is 0 Å². The van der Waals surface area contributed by atoms with Crippen LogP contribution in [0.3, 0.4) is 0 Å². The standard InChI is InChI=1S/C23H18O4/c1-26-21-9-5-8-19(16-21)23(25)27-20-13-11-18(12-14-20)22(24)15-10-17-6-3-2-4-7-17/h2-16H,1H3/b15-10+. The number of ketones is 1. The summed E-state index contributed by atoms with van der Waals surface area (Å²) in [5, 5.41) is 0. The zero-order valence-corrected chi connectivity index (χ0v) is 14.8. The average molecular weight is 358 g/mol. The third-order valence-electron chi connectivity index (χ3n) is 3.88. The van der Waals surface area contributed by atoms with Gasteiger partial charge in [-0.3, -0.25) is 4.79 Å². The molecule has 0 spiro atoms. The number of hydrogen-bond acceptors (Lipinski definition) is 4. The zero-order chi connectivity index (χ0) is 19.1. The average Bonchev–Trinajstić information content (AvgIpc) is 2.73. The molecule has 4 heteroatoms. The van der Waals surface area contributed by atoms with Gasteiger partial charge in [-0.1, -0.05) is 42.5 Å². The lowest BCUT2D eigenvalue weighted by Gasteiger charge is -2.06. The summed E-state index contributed by atoms with van der Waals surface area (Å²) in [6, 6.07) is 22.8. The molecular formula is C23H18O4. The molecule has 0 bridgehead atoms. The molecule has 0 saturated heterocycles. The summed E-state index contributed by atoms with van der Waals surface area (Å²) in [5.41, 5.74) is 1.86. The lowest BCUT2D eigenvalue weighted by atomic mass is 10.1. The first-order chi connectivity index (χ1) is 13.2. The number of ether oxygens (including phenoxy) is 2. The van der Waals surface area contributed by atoms with Gasteiger partial charge < -0.3 is 9.47 Å². The smallest absolute Gasteiger partial charge is 0.343 e. The highest BCUT2D eigenvalue weighted by Crippen LogP contribution is 2.18. The predicted molar refractivity (Wildman–Crippen MR) is 104 cm³/mol. The van der Waals surface area contributed by atoms with Crippen LogP contribution in [0.1, 0.15) is 26.3 Å². The van der Waals surface area contributed by atoms with Gasteiger partial charge in [0.05, 0.1) is 12.7 Å². The second-order valence-corrected chi connectivity index (χ2v) is 5.75. The van der Waals surface area contributed by atoms with E-state index in [4.69, 9.17) is 9.47 Å². The normalized spacial score (nSPS) is 10.6. The number of allylic oxidation sites excluding steroid dienone is 1. The van der Waals surface area contributed by atoms with Crippen molar-refractivity contribution in [3.63, 3.8) is 0 Å². The van der Waals surface area contributed by atoms with Crippen LogP contribution in [-0.2, 0) is 0 Å². The molecule has 3 aromatic carbocycles. The Kier molecular flexibility index (Phi) is 5.80. The van der Waals surface area contributed by atoms with Gasteiger partial charge in [0.15, 0.2) is 5.78 Å². The number of carbonyl (C=O) groups excluding carboxylic acids is 2. The number of methoxy groups -OCH3 is 1. The van der Waals surface area contributed by atoms with Gasteiger partial charge in [0, 0.05) is 5.56 Å². The fraction of sp³-hybridized carbons (Fsp3) is 0.0435. The van der Waals surface area contributed by atoms with Gasteiger partial charge in [0.1, 0.15) is 11.5 Å². The third-order valence-corrected chi connectivity index (χ3v) is 3.88. The lowest BCUT2D eigenvalue weighted by Crippen LogP contribution is -2.08. The summed E-state index contributed by atoms with van der Waals surface area (Å²) < 4.78 is 10.4. The second kappa shape index (κ2) is 8.63. The van der Waals surface area contributed by atoms with E-state index >= 15 is 0 Å². The number of rotatable bonds is 6. The number of esters is 1. The molecule has 0 aliphatic heterocycles. The minimum atomic E-state index is -0.489. The van der Waals surface area contributed by atoms with Gasteiger partial charge in [-0.25, -0.2) is 4.79 Å². The Morgan fingerprint density at radius 1 is 0.778 bits per heavy atom. The SMILES string of the molecule is COc1cccc(C(=O)Oc2ccc(C(=O)/C=C/c3ccccc3)cc2)c1. The Labute approximate surface area is 157 Å². The first-order valence-electron chi connectivity index (χ1n) is 8.39. The predicted octanol–water partition coefficient (Wildman–Crippen LogP) is 4.81. The lowest BCUT2D eigenvalue weighted by molar-refractivity contribution is 0.0734. The van der Waals surface area contributed by atoms with E-state index in [0.717, 1.165) is 5.56 Å². The van der Waals surface area contributed by atoms with Gasteiger partial charge in [0.2, 0.25) is 0 Å². The molecule has 4 nitrogen and oxygen atoms in total. The minimum absolute atomic E-state index is 0.121. The van der Waals surface area contributed by atoms with Gasteiger partial charge in [-0.2, -0.15) is 0 Å². The van der Waals surface area contributed by atoms with E-state index in [9.17, 15) is 9.59 Å². The van der Waals surface area contributed by atoms with Gasteiger partial charge in [-0.15, -0.1) is 0 Å². The van der Waals surface area contributed by atoms with Crippen LogP contribution in [-0.4, -0.2) is 18.9 Å². The maximum Gasteiger partial charge on any atom is 0.343 e. The van der Waals surface area contributed by atoms with Crippen LogP contribution >= 0.6 is 0 Å². The Morgan fingerprint density at radius 3 is 2.22 bits per heavy atom. The van der Waals surface area contributed by atoms with Crippen molar-refractivity contribution in [2.24, 2.45) is 0 Å². The Bertz CT molecular complexity index is 957. The summed E-state index contributed by atoms with van der Waals surface area (Å²) in [7, 11) is 1.53. The van der Waals surface area contributed by atoms with Crippen molar-refractivity contribution in [1.29, 1.82) is 0 Å². The molecule has 0 saturated carbocycles. The van der Waals surface area contributed by atoms with E-state index in [0.29, 0.717) is 22.6 Å². The third kappa shape index (κ3) is 4.92. The largest absolute Gasteiger partial charge is 0.497 e. The van der Waals surface area contributed by atoms with Gasteiger partial charge in [0.25, 0.3) is 0 Å². The van der Waals surface area contributed by atoms with Crippen molar-refractivity contribution in [2.45, 2.75) is 0 Å². The molecule has 0 fully saturated rings. The summed E-state index contributed by atoms with van der Waals surface area (Å²) in [4.78, 5) is 24.4. The highest BCUT2D eigenvalue weighted by molar-refractivity contribution is 6.06. The summed E-state index contributed by atoms with van der Waals surface area (Å²) >= 11 is 0. The Hall–Kier alpha value is -3.66. The maximum absolute atomic E-state index is 12.2. The fourth-order valence-corrected chi connectivity index (χ4v) is 2.44. The molecule has 3 rings (SSSR count). The van der Waals surface area contributed by atoms with Crippen LogP contribution in [0.15, 0.2) is 84.9 Å². The van der Waals surface area contributed by atoms with Crippen LogP contribution in [0.2, 0.25) is 0 Å². The first-order valence-corrected chi connectivity index (χ1v) is 8.39. The molecule has 0 aliphatic rings. The topological polar surface area (TPSA) is 52.6 Å². The molecule has 0 unspecified atom stereocenters. The zero-order valence-electron chi connectivity index (χ0n) is 14.8. The number of carbonyl (C=O) groups is 2. The van der Waals surface area contributed by atoms with E-state index in [1.165, 1.54) is 13.2 Å². The van der Waals surface area contributed by atoms with E-state index in [2.05, 4.69) is 0 Å². The molecule has 0 N–H and O–H groups in total. The molecule has 0 amide bonds. The Balaban J connectivity index is 1.65. The molecule has 0 aromatic heterocycles. The van der Waals surface area contributed by atoms with Crippen LogP contribution < -0.4 is 9.47 Å². The molecule has 0 aliphatic carbocycles. The maximum atomic E-state index is 12.2. The van der Waals surface area contributed by atoms with Crippen molar-refractivity contribution >= 4 is 17.8 Å². The summed E-state index contributed by atoms with van der Waals surface area (Å²) in [6.07, 6.45) is 3.28. The molecule has 0 heterocycles. The van der Waals surface area contributed by atoms with Crippen molar-refractivity contribution in [3.05, 3.63) is 102 Å². The highest BCUT2D eigenvalue weighted by Gasteiger charge is 2.10. The highest BCUT2D eigenvalue weighted by atomic mass is 16.5. The molecular weight excluding hydrogens is 340 g/mol. The molecule has 3 aromatic rings. The van der Waals surface area contributed by atoms with E-state index in [1.807, 2.05) is 30.3 Å². The van der Waals surface area contributed by atoms with Crippen molar-refractivity contribution in [3.8, 4) is 11.5 Å². The first kappa shape index (κ1) is 18.1. The molecule has 0 radical (unpaired) electrons. The summed E-state index contributed by atoms with van der Waals surface area (Å²) in [6.45, 7) is 0. The fourth-order valence-electron chi connectivity index (χ4n) is 2.44. The quantitative estimate of drug-likeness (QED) is 0.275. The van der Waals surface area contributed by atoms with E-state index in [-0.39, 0.29) is 5.78 Å². The van der Waals surface area contributed by atoms with Crippen molar-refractivity contribution < 1.29 is 19.1 Å². The number of benzene rings is 3. The van der Waals surface area contributed by atoms with Crippen LogP contribution in [0, 0.1) is 0 Å². The molecule has 27 heavy (non-hydrogen) atoms. The van der Waals surface area contributed by atoms with E-state index in [1.54, 1.807) is 54.6 Å². The molecule has 134 valence electrons. The second-order valence-electron chi connectivity index (χ2n) is 5.75. The van der Waals surface area contributed by atoms with Crippen LogP contribution in [0.5, 0.6) is 11.5 Å². The molecule has 0 atom stereocenters. The minimum Gasteiger partial charge on any atom is -0.497 e. The van der Waals surface area contributed by atoms with E-state index < -0.39 is 5.97 Å². The monoisotopic (exact) mass is 358 g/mol.